The molecule has 1 aliphatic rings. The van der Waals surface area contributed by atoms with Crippen LogP contribution in [0.5, 0.6) is 5.75 Å². The highest BCUT2D eigenvalue weighted by molar-refractivity contribution is 5.39. The molecule has 2 rings (SSSR count). The van der Waals surface area contributed by atoms with Gasteiger partial charge in [-0.05, 0) is 42.5 Å². The maximum Gasteiger partial charge on any atom is 0.389 e. The second-order valence-corrected chi connectivity index (χ2v) is 5.18. The van der Waals surface area contributed by atoms with Crippen LogP contribution in [0.25, 0.3) is 0 Å². The third-order valence-corrected chi connectivity index (χ3v) is 3.66. The zero-order valence-electron chi connectivity index (χ0n) is 11.8. The number of hydrogen-bond acceptors (Lipinski definition) is 3. The average Bonchev–Trinajstić information content (AvgIpc) is 2.44. The Hall–Kier alpha value is -1.27. The van der Waals surface area contributed by atoms with Crippen LogP contribution in [0.15, 0.2) is 18.2 Å². The van der Waals surface area contributed by atoms with Crippen molar-refractivity contribution >= 4 is 0 Å². The summed E-state index contributed by atoms with van der Waals surface area (Å²) in [5.41, 5.74) is 1.76. The molecule has 0 fully saturated rings. The largest absolute Gasteiger partial charge is 0.497 e. The van der Waals surface area contributed by atoms with E-state index in [1.54, 1.807) is 13.2 Å². The fourth-order valence-corrected chi connectivity index (χ4v) is 2.54. The van der Waals surface area contributed by atoms with Gasteiger partial charge in [-0.3, -0.25) is 0 Å². The lowest BCUT2D eigenvalue weighted by atomic mass is 9.87. The minimum absolute atomic E-state index is 0.000534. The molecule has 1 aliphatic carbocycles. The van der Waals surface area contributed by atoms with Gasteiger partial charge in [0, 0.05) is 13.0 Å². The van der Waals surface area contributed by atoms with Crippen molar-refractivity contribution in [3.05, 3.63) is 29.3 Å². The quantitative estimate of drug-likeness (QED) is 0.847. The molecule has 0 heterocycles. The summed E-state index contributed by atoms with van der Waals surface area (Å²) in [4.78, 5) is 0. The summed E-state index contributed by atoms with van der Waals surface area (Å²) in [6, 6.07) is 5.48. The number of ether oxygens (including phenoxy) is 2. The Morgan fingerprint density at radius 1 is 1.33 bits per heavy atom. The zero-order chi connectivity index (χ0) is 15.5. The molecule has 2 atom stereocenters. The van der Waals surface area contributed by atoms with Crippen LogP contribution in [0, 0.1) is 0 Å². The third kappa shape index (κ3) is 4.35. The highest BCUT2D eigenvalue weighted by atomic mass is 19.4. The lowest BCUT2D eigenvalue weighted by Crippen LogP contribution is -2.28. The number of rotatable bonds is 5. The van der Waals surface area contributed by atoms with Gasteiger partial charge in [0.2, 0.25) is 0 Å². The highest BCUT2D eigenvalue weighted by Crippen LogP contribution is 2.34. The molecule has 1 aromatic rings. The van der Waals surface area contributed by atoms with Gasteiger partial charge < -0.3 is 14.6 Å². The van der Waals surface area contributed by atoms with E-state index in [0.29, 0.717) is 12.2 Å². The predicted octanol–water partition coefficient (Wildman–Crippen LogP) is 3.40. The molecule has 0 saturated carbocycles. The number of aliphatic hydroxyl groups is 1. The summed E-state index contributed by atoms with van der Waals surface area (Å²) in [6.45, 7) is 0.000534. The smallest absolute Gasteiger partial charge is 0.389 e. The summed E-state index contributed by atoms with van der Waals surface area (Å²) in [7, 11) is 1.54. The van der Waals surface area contributed by atoms with E-state index in [-0.39, 0.29) is 13.0 Å². The Balaban J connectivity index is 1.92. The zero-order valence-corrected chi connectivity index (χ0v) is 11.8. The number of alkyl halides is 3. The summed E-state index contributed by atoms with van der Waals surface area (Å²) >= 11 is 0. The second-order valence-electron chi connectivity index (χ2n) is 5.18. The van der Waals surface area contributed by atoms with E-state index < -0.39 is 24.8 Å². The Morgan fingerprint density at radius 3 is 2.76 bits per heavy atom. The SMILES string of the molecule is COc1ccc2c(c1)C(O)C(OCCCC(F)(F)F)CC2. The van der Waals surface area contributed by atoms with E-state index in [4.69, 9.17) is 9.47 Å². The van der Waals surface area contributed by atoms with E-state index in [0.717, 1.165) is 17.5 Å². The van der Waals surface area contributed by atoms with Gasteiger partial charge in [-0.15, -0.1) is 0 Å². The average molecular weight is 304 g/mol. The van der Waals surface area contributed by atoms with Gasteiger partial charge in [-0.2, -0.15) is 13.2 Å². The highest BCUT2D eigenvalue weighted by Gasteiger charge is 2.30. The molecule has 0 radical (unpaired) electrons. The maximum atomic E-state index is 12.1. The molecule has 118 valence electrons. The molecule has 6 heteroatoms. The van der Waals surface area contributed by atoms with Crippen molar-refractivity contribution in [2.75, 3.05) is 13.7 Å². The normalized spacial score (nSPS) is 22.0. The lowest BCUT2D eigenvalue weighted by Gasteiger charge is -2.30. The van der Waals surface area contributed by atoms with Crippen molar-refractivity contribution in [3.8, 4) is 5.75 Å². The van der Waals surface area contributed by atoms with Crippen molar-refractivity contribution in [2.45, 2.75) is 44.1 Å². The van der Waals surface area contributed by atoms with Crippen LogP contribution in [-0.4, -0.2) is 31.1 Å². The lowest BCUT2D eigenvalue weighted by molar-refractivity contribution is -0.140. The Kier molecular flexibility index (Phi) is 5.11. The maximum absolute atomic E-state index is 12.1. The molecule has 0 bridgehead atoms. The fraction of sp³-hybridized carbons (Fsp3) is 0.600. The van der Waals surface area contributed by atoms with Crippen LogP contribution in [0.2, 0.25) is 0 Å². The summed E-state index contributed by atoms with van der Waals surface area (Å²) in [6.07, 6.45) is -5.05. The van der Waals surface area contributed by atoms with E-state index in [9.17, 15) is 18.3 Å². The molecule has 0 saturated heterocycles. The molecule has 1 aromatic carbocycles. The number of benzene rings is 1. The number of aliphatic hydroxyl groups excluding tert-OH is 1. The standard InChI is InChI=1S/C15H19F3O3/c1-20-11-5-3-10-4-6-13(14(19)12(10)9-11)21-8-2-7-15(16,17)18/h3,5,9,13-14,19H,2,4,6-8H2,1H3. The van der Waals surface area contributed by atoms with Crippen molar-refractivity contribution in [1.82, 2.24) is 0 Å². The van der Waals surface area contributed by atoms with Gasteiger partial charge in [0.15, 0.2) is 0 Å². The first-order valence-electron chi connectivity index (χ1n) is 6.94. The molecule has 21 heavy (non-hydrogen) atoms. The summed E-state index contributed by atoms with van der Waals surface area (Å²) in [5.74, 6) is 0.644. The molecule has 0 amide bonds. The van der Waals surface area contributed by atoms with Crippen molar-refractivity contribution in [1.29, 1.82) is 0 Å². The molecular formula is C15H19F3O3. The summed E-state index contributed by atoms with van der Waals surface area (Å²) < 4.78 is 46.7. The van der Waals surface area contributed by atoms with Crippen molar-refractivity contribution in [3.63, 3.8) is 0 Å². The van der Waals surface area contributed by atoms with Gasteiger partial charge in [0.05, 0.1) is 13.2 Å². The molecule has 0 aromatic heterocycles. The van der Waals surface area contributed by atoms with Gasteiger partial charge in [0.1, 0.15) is 11.9 Å². The first-order valence-corrected chi connectivity index (χ1v) is 6.94. The number of aryl methyl sites for hydroxylation is 1. The fourth-order valence-electron chi connectivity index (χ4n) is 2.54. The monoisotopic (exact) mass is 304 g/mol. The molecule has 2 unspecified atom stereocenters. The molecule has 3 nitrogen and oxygen atoms in total. The van der Waals surface area contributed by atoms with Crippen molar-refractivity contribution < 1.29 is 27.8 Å². The number of methoxy groups -OCH3 is 1. The topological polar surface area (TPSA) is 38.7 Å². The Labute approximate surface area is 121 Å². The minimum atomic E-state index is -4.16. The number of hydrogen-bond donors (Lipinski definition) is 1. The van der Waals surface area contributed by atoms with Gasteiger partial charge in [-0.1, -0.05) is 6.07 Å². The van der Waals surface area contributed by atoms with E-state index in [1.807, 2.05) is 12.1 Å². The first-order chi connectivity index (χ1) is 9.90. The van der Waals surface area contributed by atoms with Gasteiger partial charge >= 0.3 is 6.18 Å². The molecule has 1 N–H and O–H groups in total. The minimum Gasteiger partial charge on any atom is -0.497 e. The van der Waals surface area contributed by atoms with E-state index in [2.05, 4.69) is 0 Å². The van der Waals surface area contributed by atoms with Crippen molar-refractivity contribution in [2.24, 2.45) is 0 Å². The van der Waals surface area contributed by atoms with Crippen LogP contribution in [-0.2, 0) is 11.2 Å². The Morgan fingerprint density at radius 2 is 2.10 bits per heavy atom. The number of fused-ring (bicyclic) bond motifs is 1. The van der Waals surface area contributed by atoms with E-state index >= 15 is 0 Å². The Bertz CT molecular complexity index is 474. The second kappa shape index (κ2) is 6.66. The van der Waals surface area contributed by atoms with Crippen LogP contribution < -0.4 is 4.74 Å². The van der Waals surface area contributed by atoms with Crippen LogP contribution in [0.3, 0.4) is 0 Å². The van der Waals surface area contributed by atoms with Crippen LogP contribution >= 0.6 is 0 Å². The number of halogens is 3. The third-order valence-electron chi connectivity index (χ3n) is 3.66. The first kappa shape index (κ1) is 16.1. The molecule has 0 aliphatic heterocycles. The van der Waals surface area contributed by atoms with Gasteiger partial charge in [-0.25, -0.2) is 0 Å². The molecular weight excluding hydrogens is 285 g/mol. The van der Waals surface area contributed by atoms with Crippen LogP contribution in [0.4, 0.5) is 13.2 Å². The van der Waals surface area contributed by atoms with Crippen LogP contribution in [0.1, 0.15) is 36.5 Å². The summed E-state index contributed by atoms with van der Waals surface area (Å²) in [5, 5.41) is 10.3. The van der Waals surface area contributed by atoms with Gasteiger partial charge in [0.25, 0.3) is 0 Å². The van der Waals surface area contributed by atoms with E-state index in [1.165, 1.54) is 0 Å². The predicted molar refractivity (Wildman–Crippen MR) is 71.3 cm³/mol. The molecule has 0 spiro atoms.